The maximum absolute atomic E-state index is 11.4. The zero-order chi connectivity index (χ0) is 11.9. The van der Waals surface area contributed by atoms with Gasteiger partial charge in [-0.05, 0) is 6.42 Å². The zero-order valence-corrected chi connectivity index (χ0v) is 10.3. The number of hydrogen-bond donors (Lipinski definition) is 1. The van der Waals surface area contributed by atoms with E-state index in [1.165, 1.54) is 0 Å². The third-order valence-corrected chi connectivity index (χ3v) is 4.09. The van der Waals surface area contributed by atoms with Crippen LogP contribution in [-0.4, -0.2) is 31.7 Å². The molecule has 90 valence electrons. The highest BCUT2D eigenvalue weighted by atomic mass is 32.2. The van der Waals surface area contributed by atoms with Gasteiger partial charge in [-0.1, -0.05) is 26.7 Å². The van der Waals surface area contributed by atoms with Crippen molar-refractivity contribution in [3.8, 4) is 0 Å². The Morgan fingerprint density at radius 2 is 1.93 bits per heavy atom. The smallest absolute Gasteiger partial charge is 0.150 e. The Morgan fingerprint density at radius 1 is 1.33 bits per heavy atom. The molecule has 0 spiro atoms. The van der Waals surface area contributed by atoms with Crippen molar-refractivity contribution in [2.75, 3.05) is 11.5 Å². The third-order valence-electron chi connectivity index (χ3n) is 2.38. The molecule has 1 unspecified atom stereocenters. The first-order valence-corrected chi connectivity index (χ1v) is 7.23. The predicted octanol–water partition coefficient (Wildman–Crippen LogP) is 0.898. The number of unbranched alkanes of at least 4 members (excludes halogenated alkanes) is 1. The molecule has 0 fully saturated rings. The Balaban J connectivity index is 3.93. The minimum Gasteiger partial charge on any atom is -0.322 e. The van der Waals surface area contributed by atoms with Crippen LogP contribution in [0, 0.1) is 0 Å². The number of nitrogens with two attached hydrogens (primary N) is 1. The molecule has 0 radical (unpaired) electrons. The average Bonchev–Trinajstić information content (AvgIpc) is 2.22. The molecular weight excluding hydrogens is 214 g/mol. The molecule has 4 nitrogen and oxygen atoms in total. The summed E-state index contributed by atoms with van der Waals surface area (Å²) in [5.41, 5.74) is 5.63. The predicted molar refractivity (Wildman–Crippen MR) is 61.5 cm³/mol. The number of rotatable bonds is 8. The number of sulfone groups is 1. The fraction of sp³-hybridized carbons (Fsp3) is 0.900. The second kappa shape index (κ2) is 6.95. The van der Waals surface area contributed by atoms with Gasteiger partial charge in [0.2, 0.25) is 0 Å². The van der Waals surface area contributed by atoms with E-state index in [1.807, 2.05) is 6.92 Å². The minimum atomic E-state index is -3.04. The number of Topliss-reactive ketones (excluding diaryl/α,β-unsaturated/α-hetero) is 1. The Morgan fingerprint density at radius 3 is 2.40 bits per heavy atom. The Labute approximate surface area is 92.2 Å². The first kappa shape index (κ1) is 14.6. The van der Waals surface area contributed by atoms with Gasteiger partial charge in [0.15, 0.2) is 5.78 Å². The number of carbonyl (C=O) groups is 1. The molecule has 0 heterocycles. The van der Waals surface area contributed by atoms with Gasteiger partial charge in [-0.3, -0.25) is 4.79 Å². The maximum Gasteiger partial charge on any atom is 0.150 e. The summed E-state index contributed by atoms with van der Waals surface area (Å²) in [6.07, 6.45) is 2.62. The molecule has 1 atom stereocenters. The Hall–Kier alpha value is -0.420. The normalized spacial score (nSPS) is 13.8. The summed E-state index contributed by atoms with van der Waals surface area (Å²) in [7, 11) is -3.04. The summed E-state index contributed by atoms with van der Waals surface area (Å²) in [5.74, 6) is -0.118. The largest absolute Gasteiger partial charge is 0.322 e. The first-order chi connectivity index (χ1) is 6.93. The van der Waals surface area contributed by atoms with E-state index in [2.05, 4.69) is 0 Å². The molecule has 2 N–H and O–H groups in total. The monoisotopic (exact) mass is 235 g/mol. The van der Waals surface area contributed by atoms with Crippen molar-refractivity contribution in [3.05, 3.63) is 0 Å². The van der Waals surface area contributed by atoms with E-state index in [0.29, 0.717) is 6.42 Å². The highest BCUT2D eigenvalue weighted by molar-refractivity contribution is 7.91. The quantitative estimate of drug-likeness (QED) is 0.678. The van der Waals surface area contributed by atoms with Gasteiger partial charge in [-0.15, -0.1) is 0 Å². The molecule has 0 amide bonds. The van der Waals surface area contributed by atoms with Crippen LogP contribution >= 0.6 is 0 Å². The van der Waals surface area contributed by atoms with Gasteiger partial charge >= 0.3 is 0 Å². The van der Waals surface area contributed by atoms with Crippen LogP contribution in [0.25, 0.3) is 0 Å². The molecule has 0 aromatic rings. The summed E-state index contributed by atoms with van der Waals surface area (Å²) in [4.78, 5) is 11.4. The van der Waals surface area contributed by atoms with E-state index in [9.17, 15) is 13.2 Å². The molecule has 0 saturated carbocycles. The fourth-order valence-corrected chi connectivity index (χ4v) is 1.97. The summed E-state index contributed by atoms with van der Waals surface area (Å²) in [6.45, 7) is 3.61. The molecule has 15 heavy (non-hydrogen) atoms. The van der Waals surface area contributed by atoms with Gasteiger partial charge in [0.25, 0.3) is 0 Å². The summed E-state index contributed by atoms with van der Waals surface area (Å²) >= 11 is 0. The van der Waals surface area contributed by atoms with Crippen molar-refractivity contribution in [2.45, 2.75) is 45.6 Å². The van der Waals surface area contributed by atoms with E-state index >= 15 is 0 Å². The lowest BCUT2D eigenvalue weighted by atomic mass is 10.1. The summed E-state index contributed by atoms with van der Waals surface area (Å²) in [6, 6.07) is -0.489. The van der Waals surface area contributed by atoms with Crippen LogP contribution in [0.5, 0.6) is 0 Å². The van der Waals surface area contributed by atoms with Gasteiger partial charge in [-0.2, -0.15) is 0 Å². The lowest BCUT2D eigenvalue weighted by Crippen LogP contribution is -2.31. The van der Waals surface area contributed by atoms with Gasteiger partial charge in [-0.25, -0.2) is 8.42 Å². The Kier molecular flexibility index (Phi) is 6.76. The SMILES string of the molecule is CCCCC(N)C(=O)CCS(=O)(=O)CC. The van der Waals surface area contributed by atoms with Crippen molar-refractivity contribution < 1.29 is 13.2 Å². The molecule has 0 aromatic heterocycles. The second-order valence-electron chi connectivity index (χ2n) is 3.70. The summed E-state index contributed by atoms with van der Waals surface area (Å²) in [5, 5.41) is 0. The van der Waals surface area contributed by atoms with Gasteiger partial charge < -0.3 is 5.73 Å². The van der Waals surface area contributed by atoms with Crippen LogP contribution in [0.2, 0.25) is 0 Å². The maximum atomic E-state index is 11.4. The lowest BCUT2D eigenvalue weighted by Gasteiger charge is -2.09. The van der Waals surface area contributed by atoms with Gasteiger partial charge in [0.05, 0.1) is 11.8 Å². The van der Waals surface area contributed by atoms with Crippen LogP contribution in [0.1, 0.15) is 39.5 Å². The van der Waals surface area contributed by atoms with E-state index in [1.54, 1.807) is 6.92 Å². The molecule has 0 aliphatic carbocycles. The summed E-state index contributed by atoms with van der Waals surface area (Å²) < 4.78 is 22.3. The van der Waals surface area contributed by atoms with Crippen LogP contribution < -0.4 is 5.73 Å². The highest BCUT2D eigenvalue weighted by Gasteiger charge is 2.16. The van der Waals surface area contributed by atoms with Crippen molar-refractivity contribution >= 4 is 15.6 Å². The van der Waals surface area contributed by atoms with Crippen molar-refractivity contribution in [3.63, 3.8) is 0 Å². The van der Waals surface area contributed by atoms with Crippen LogP contribution in [0.15, 0.2) is 0 Å². The average molecular weight is 235 g/mol. The molecule has 0 saturated heterocycles. The molecular formula is C10H21NO3S. The van der Waals surface area contributed by atoms with E-state index < -0.39 is 15.9 Å². The number of ketones is 1. The number of carbonyl (C=O) groups excluding carboxylic acids is 1. The minimum absolute atomic E-state index is 0.0566. The Bertz CT molecular complexity index is 285. The standard InChI is InChI=1S/C10H21NO3S/c1-3-5-6-9(11)10(12)7-8-15(13,14)4-2/h9H,3-8,11H2,1-2H3. The lowest BCUT2D eigenvalue weighted by molar-refractivity contribution is -0.120. The van der Waals surface area contributed by atoms with Crippen LogP contribution in [0.3, 0.4) is 0 Å². The van der Waals surface area contributed by atoms with Crippen molar-refractivity contribution in [1.29, 1.82) is 0 Å². The van der Waals surface area contributed by atoms with E-state index in [-0.39, 0.29) is 23.7 Å². The highest BCUT2D eigenvalue weighted by Crippen LogP contribution is 2.03. The van der Waals surface area contributed by atoms with E-state index in [0.717, 1.165) is 12.8 Å². The number of hydrogen-bond acceptors (Lipinski definition) is 4. The topological polar surface area (TPSA) is 77.2 Å². The molecule has 0 aliphatic rings. The van der Waals surface area contributed by atoms with Crippen molar-refractivity contribution in [1.82, 2.24) is 0 Å². The van der Waals surface area contributed by atoms with Crippen molar-refractivity contribution in [2.24, 2.45) is 5.73 Å². The third kappa shape index (κ3) is 6.62. The van der Waals surface area contributed by atoms with Gasteiger partial charge in [0.1, 0.15) is 9.84 Å². The fourth-order valence-electron chi connectivity index (χ4n) is 1.17. The zero-order valence-electron chi connectivity index (χ0n) is 9.53. The van der Waals surface area contributed by atoms with E-state index in [4.69, 9.17) is 5.73 Å². The van der Waals surface area contributed by atoms with Crippen LogP contribution in [0.4, 0.5) is 0 Å². The molecule has 0 bridgehead atoms. The molecule has 0 rings (SSSR count). The van der Waals surface area contributed by atoms with Crippen LogP contribution in [-0.2, 0) is 14.6 Å². The molecule has 0 aromatic carbocycles. The second-order valence-corrected chi connectivity index (χ2v) is 6.17. The molecule has 5 heteroatoms. The first-order valence-electron chi connectivity index (χ1n) is 5.41. The molecule has 0 aliphatic heterocycles. The van der Waals surface area contributed by atoms with Gasteiger partial charge in [0, 0.05) is 12.2 Å².